The van der Waals surface area contributed by atoms with E-state index in [1.54, 1.807) is 0 Å². The van der Waals surface area contributed by atoms with Gasteiger partial charge in [-0.3, -0.25) is 4.79 Å². The van der Waals surface area contributed by atoms with Crippen LogP contribution in [0.15, 0.2) is 83.1 Å². The molecule has 248 valence electrons. The highest BCUT2D eigenvalue weighted by molar-refractivity contribution is 5.69. The normalized spacial score (nSPS) is 16.4. The molecule has 44 heavy (non-hydrogen) atoms. The van der Waals surface area contributed by atoms with Crippen molar-refractivity contribution in [3.8, 4) is 0 Å². The summed E-state index contributed by atoms with van der Waals surface area (Å²) in [6.07, 6.45) is 45.2. The Kier molecular flexibility index (Phi) is 23.4. The standard InChI is InChI=1S/C42H68O2/c1-7-8-9-10-11-12-13-14-15-16-17-18-19-20-21-22-23-24-25-31-41(43)44-36-34-38(3)29-26-28-37(2)32-33-40-39(4)30-27-35-42(40,5)6/h11-12,14-15,26,28-29,32-34H,7-10,13,16-25,27,30-31,35-36H2,1-6H3/b12-11-,15-14-,29-26+,33-32+,37-28+,38-34+. The first-order valence-electron chi connectivity index (χ1n) is 18.1. The van der Waals surface area contributed by atoms with Gasteiger partial charge in [-0.1, -0.05) is 150 Å². The van der Waals surface area contributed by atoms with Crippen LogP contribution >= 0.6 is 0 Å². The van der Waals surface area contributed by atoms with E-state index >= 15 is 0 Å². The quantitative estimate of drug-likeness (QED) is 0.0474. The van der Waals surface area contributed by atoms with Crippen LogP contribution in [0.5, 0.6) is 0 Å². The predicted octanol–water partition coefficient (Wildman–Crippen LogP) is 13.4. The first-order valence-corrected chi connectivity index (χ1v) is 18.1. The highest BCUT2D eigenvalue weighted by atomic mass is 16.5. The van der Waals surface area contributed by atoms with Crippen molar-refractivity contribution in [1.82, 2.24) is 0 Å². The van der Waals surface area contributed by atoms with Crippen LogP contribution < -0.4 is 0 Å². The molecule has 1 aliphatic carbocycles. The minimum Gasteiger partial charge on any atom is -0.461 e. The van der Waals surface area contributed by atoms with Gasteiger partial charge in [-0.15, -0.1) is 0 Å². The number of carbonyl (C=O) groups excluding carboxylic acids is 1. The molecule has 0 aromatic rings. The summed E-state index contributed by atoms with van der Waals surface area (Å²) in [6.45, 7) is 13.8. The van der Waals surface area contributed by atoms with Crippen molar-refractivity contribution in [2.45, 2.75) is 164 Å². The van der Waals surface area contributed by atoms with E-state index in [4.69, 9.17) is 4.74 Å². The van der Waals surface area contributed by atoms with Gasteiger partial charge in [-0.25, -0.2) is 0 Å². The smallest absolute Gasteiger partial charge is 0.306 e. The zero-order chi connectivity index (χ0) is 32.3. The fourth-order valence-corrected chi connectivity index (χ4v) is 5.83. The van der Waals surface area contributed by atoms with Gasteiger partial charge in [-0.05, 0) is 95.6 Å². The Morgan fingerprint density at radius 1 is 0.795 bits per heavy atom. The van der Waals surface area contributed by atoms with Crippen molar-refractivity contribution < 1.29 is 9.53 Å². The summed E-state index contributed by atoms with van der Waals surface area (Å²) < 4.78 is 5.42. The molecular formula is C42H68O2. The average Bonchev–Trinajstić information content (AvgIpc) is 2.97. The van der Waals surface area contributed by atoms with E-state index in [1.165, 1.54) is 113 Å². The highest BCUT2D eigenvalue weighted by Crippen LogP contribution is 2.40. The van der Waals surface area contributed by atoms with Gasteiger partial charge in [0.2, 0.25) is 0 Å². The molecule has 2 nitrogen and oxygen atoms in total. The van der Waals surface area contributed by atoms with Crippen LogP contribution in [0.2, 0.25) is 0 Å². The zero-order valence-electron chi connectivity index (χ0n) is 29.7. The number of ether oxygens (including phenoxy) is 1. The van der Waals surface area contributed by atoms with Crippen LogP contribution in [0.3, 0.4) is 0 Å². The Hall–Kier alpha value is -2.35. The minimum atomic E-state index is -0.0776. The second-order valence-electron chi connectivity index (χ2n) is 13.6. The van der Waals surface area contributed by atoms with Gasteiger partial charge >= 0.3 is 5.97 Å². The van der Waals surface area contributed by atoms with Crippen molar-refractivity contribution >= 4 is 5.97 Å². The number of rotatable bonds is 24. The molecule has 0 bridgehead atoms. The fourth-order valence-electron chi connectivity index (χ4n) is 5.83. The number of hydrogen-bond donors (Lipinski definition) is 0. The molecule has 0 spiro atoms. The zero-order valence-corrected chi connectivity index (χ0v) is 29.7. The second kappa shape index (κ2) is 25.9. The van der Waals surface area contributed by atoms with Crippen molar-refractivity contribution in [2.24, 2.45) is 5.41 Å². The summed E-state index contributed by atoms with van der Waals surface area (Å²) in [7, 11) is 0. The van der Waals surface area contributed by atoms with E-state index in [9.17, 15) is 4.79 Å². The monoisotopic (exact) mass is 605 g/mol. The molecule has 0 aliphatic heterocycles. The molecule has 0 saturated heterocycles. The molecule has 0 fully saturated rings. The Labute approximate surface area is 273 Å². The molecular weight excluding hydrogens is 536 g/mol. The SMILES string of the molecule is CCCCC/C=C\C/C=C\CCCCCCCCCCCC(=O)OC/C=C(C)/C=C/C=C(C)/C=C/C1=C(C)CCCC1(C)C. The van der Waals surface area contributed by atoms with Gasteiger partial charge in [0, 0.05) is 6.42 Å². The number of hydrogen-bond acceptors (Lipinski definition) is 2. The summed E-state index contributed by atoms with van der Waals surface area (Å²) in [6, 6.07) is 0. The van der Waals surface area contributed by atoms with Crippen LogP contribution in [0.25, 0.3) is 0 Å². The van der Waals surface area contributed by atoms with Crippen molar-refractivity contribution in [3.05, 3.63) is 83.1 Å². The lowest BCUT2D eigenvalue weighted by molar-refractivity contribution is -0.142. The van der Waals surface area contributed by atoms with E-state index in [0.29, 0.717) is 13.0 Å². The summed E-state index contributed by atoms with van der Waals surface area (Å²) in [5, 5.41) is 0. The van der Waals surface area contributed by atoms with Gasteiger partial charge in [0.25, 0.3) is 0 Å². The van der Waals surface area contributed by atoms with E-state index in [0.717, 1.165) is 24.8 Å². The Morgan fingerprint density at radius 3 is 2.05 bits per heavy atom. The van der Waals surface area contributed by atoms with E-state index in [-0.39, 0.29) is 11.4 Å². The summed E-state index contributed by atoms with van der Waals surface area (Å²) in [5.74, 6) is -0.0776. The first-order chi connectivity index (χ1) is 21.3. The van der Waals surface area contributed by atoms with Crippen molar-refractivity contribution in [3.63, 3.8) is 0 Å². The third-order valence-corrected chi connectivity index (χ3v) is 8.75. The fraction of sp³-hybridized carbons (Fsp3) is 0.643. The molecule has 0 aromatic heterocycles. The van der Waals surface area contributed by atoms with Gasteiger partial charge in [0.05, 0.1) is 0 Å². The molecule has 0 amide bonds. The maximum Gasteiger partial charge on any atom is 0.306 e. The van der Waals surface area contributed by atoms with Gasteiger partial charge in [-0.2, -0.15) is 0 Å². The Bertz CT molecular complexity index is 979. The van der Waals surface area contributed by atoms with Crippen molar-refractivity contribution in [1.29, 1.82) is 0 Å². The maximum absolute atomic E-state index is 12.1. The molecule has 0 N–H and O–H groups in total. The third kappa shape index (κ3) is 21.4. The Balaban J connectivity index is 2.03. The first kappa shape index (κ1) is 39.7. The van der Waals surface area contributed by atoms with Gasteiger partial charge < -0.3 is 4.74 Å². The van der Waals surface area contributed by atoms with Crippen LogP contribution in [-0.2, 0) is 9.53 Å². The largest absolute Gasteiger partial charge is 0.461 e. The lowest BCUT2D eigenvalue weighted by atomic mass is 9.72. The molecule has 1 aliphatic rings. The van der Waals surface area contributed by atoms with Gasteiger partial charge in [0.1, 0.15) is 6.61 Å². The van der Waals surface area contributed by atoms with Gasteiger partial charge in [0.15, 0.2) is 0 Å². The molecule has 0 atom stereocenters. The molecule has 0 saturated carbocycles. The van der Waals surface area contributed by atoms with E-state index in [1.807, 2.05) is 6.08 Å². The lowest BCUT2D eigenvalue weighted by Crippen LogP contribution is -2.19. The van der Waals surface area contributed by atoms with E-state index in [2.05, 4.69) is 96.2 Å². The minimum absolute atomic E-state index is 0.0776. The van der Waals surface area contributed by atoms with Crippen LogP contribution in [0.4, 0.5) is 0 Å². The molecule has 0 aromatic carbocycles. The average molecular weight is 605 g/mol. The molecule has 1 rings (SSSR count). The summed E-state index contributed by atoms with van der Waals surface area (Å²) >= 11 is 0. The summed E-state index contributed by atoms with van der Waals surface area (Å²) in [5.41, 5.74) is 5.64. The highest BCUT2D eigenvalue weighted by Gasteiger charge is 2.26. The third-order valence-electron chi connectivity index (χ3n) is 8.75. The number of unbranched alkanes of at least 4 members (excludes halogenated alkanes) is 12. The van der Waals surface area contributed by atoms with E-state index < -0.39 is 0 Å². The molecule has 0 unspecified atom stereocenters. The summed E-state index contributed by atoms with van der Waals surface area (Å²) in [4.78, 5) is 12.1. The molecule has 0 heterocycles. The number of esters is 1. The predicted molar refractivity (Wildman–Crippen MR) is 195 cm³/mol. The van der Waals surface area contributed by atoms with Crippen LogP contribution in [0, 0.1) is 5.41 Å². The van der Waals surface area contributed by atoms with Crippen LogP contribution in [0.1, 0.15) is 164 Å². The molecule has 2 heteroatoms. The maximum atomic E-state index is 12.1. The lowest BCUT2D eigenvalue weighted by Gasteiger charge is -2.32. The van der Waals surface area contributed by atoms with Crippen molar-refractivity contribution in [2.75, 3.05) is 6.61 Å². The second-order valence-corrected chi connectivity index (χ2v) is 13.6. The number of carbonyl (C=O) groups is 1. The number of allylic oxidation sites excluding steroid dienone is 13. The van der Waals surface area contributed by atoms with Crippen LogP contribution in [-0.4, -0.2) is 12.6 Å². The topological polar surface area (TPSA) is 26.3 Å². The molecule has 0 radical (unpaired) electrons. The Morgan fingerprint density at radius 2 is 1.41 bits per heavy atom.